The Balaban J connectivity index is 1.66. The van der Waals surface area contributed by atoms with E-state index >= 15 is 0 Å². The monoisotopic (exact) mass is 501 g/mol. The molecule has 1 N–H and O–H groups in total. The Morgan fingerprint density at radius 2 is 1.83 bits per heavy atom. The number of anilines is 1. The van der Waals surface area contributed by atoms with Crippen LogP contribution in [0.25, 0.3) is 5.69 Å². The molecule has 3 heterocycles. The van der Waals surface area contributed by atoms with Gasteiger partial charge in [0, 0.05) is 42.0 Å². The van der Waals surface area contributed by atoms with Crippen molar-refractivity contribution in [1.82, 2.24) is 14.9 Å². The molecule has 0 saturated carbocycles. The molecule has 0 unspecified atom stereocenters. The van der Waals surface area contributed by atoms with E-state index in [4.69, 9.17) is 21.7 Å². The summed E-state index contributed by atoms with van der Waals surface area (Å²) in [6, 6.07) is 21.2. The van der Waals surface area contributed by atoms with E-state index < -0.39 is 4.92 Å². The molecule has 0 bridgehead atoms. The van der Waals surface area contributed by atoms with Crippen LogP contribution < -0.4 is 19.7 Å². The number of pyridine rings is 1. The Bertz CT molecular complexity index is 1410. The van der Waals surface area contributed by atoms with Crippen molar-refractivity contribution in [2.45, 2.75) is 12.1 Å². The molecule has 0 spiro atoms. The van der Waals surface area contributed by atoms with E-state index in [0.29, 0.717) is 16.6 Å². The summed E-state index contributed by atoms with van der Waals surface area (Å²) in [5, 5.41) is 15.1. The van der Waals surface area contributed by atoms with Crippen molar-refractivity contribution in [3.63, 3.8) is 0 Å². The summed E-state index contributed by atoms with van der Waals surface area (Å²) in [5.74, 6) is 1.28. The number of rotatable bonds is 7. The maximum Gasteiger partial charge on any atom is 0.269 e. The van der Waals surface area contributed by atoms with Crippen molar-refractivity contribution in [2.75, 3.05) is 19.1 Å². The van der Waals surface area contributed by atoms with Gasteiger partial charge in [-0.1, -0.05) is 6.07 Å². The first-order chi connectivity index (χ1) is 17.5. The Morgan fingerprint density at radius 3 is 2.50 bits per heavy atom. The summed E-state index contributed by atoms with van der Waals surface area (Å²) in [4.78, 5) is 17.4. The van der Waals surface area contributed by atoms with Gasteiger partial charge in [0.05, 0.1) is 36.6 Å². The van der Waals surface area contributed by atoms with Crippen LogP contribution in [-0.2, 0) is 0 Å². The lowest BCUT2D eigenvalue weighted by molar-refractivity contribution is -0.384. The molecule has 0 amide bonds. The molecule has 182 valence electrons. The van der Waals surface area contributed by atoms with Crippen LogP contribution in [0, 0.1) is 10.1 Å². The van der Waals surface area contributed by atoms with Gasteiger partial charge in [0.2, 0.25) is 0 Å². The van der Waals surface area contributed by atoms with Crippen molar-refractivity contribution in [3.8, 4) is 17.2 Å². The van der Waals surface area contributed by atoms with Crippen LogP contribution in [0.1, 0.15) is 23.5 Å². The zero-order chi connectivity index (χ0) is 25.2. The summed E-state index contributed by atoms with van der Waals surface area (Å²) >= 11 is 5.84. The van der Waals surface area contributed by atoms with Crippen molar-refractivity contribution < 1.29 is 14.4 Å². The molecule has 2 atom stereocenters. The van der Waals surface area contributed by atoms with Gasteiger partial charge < -0.3 is 24.3 Å². The number of ether oxygens (including phenoxy) is 2. The third-order valence-corrected chi connectivity index (χ3v) is 6.48. The molecule has 36 heavy (non-hydrogen) atoms. The highest BCUT2D eigenvalue weighted by molar-refractivity contribution is 7.80. The van der Waals surface area contributed by atoms with Crippen molar-refractivity contribution in [2.24, 2.45) is 0 Å². The second kappa shape index (κ2) is 9.67. The topological polar surface area (TPSA) is 94.7 Å². The molecule has 9 nitrogen and oxygen atoms in total. The minimum atomic E-state index is -0.408. The normalized spacial score (nSPS) is 17.1. The average molecular weight is 502 g/mol. The summed E-state index contributed by atoms with van der Waals surface area (Å²) in [7, 11) is 3.21. The quantitative estimate of drug-likeness (QED) is 0.215. The molecule has 0 radical (unpaired) electrons. The van der Waals surface area contributed by atoms with Crippen LogP contribution in [0.15, 0.2) is 85.2 Å². The summed E-state index contributed by atoms with van der Waals surface area (Å²) in [5.41, 5.74) is 3.35. The van der Waals surface area contributed by atoms with E-state index in [9.17, 15) is 10.1 Å². The number of hydrogen-bond donors (Lipinski definition) is 1. The zero-order valence-electron chi connectivity index (χ0n) is 19.6. The van der Waals surface area contributed by atoms with E-state index in [1.165, 1.54) is 12.1 Å². The van der Waals surface area contributed by atoms with Gasteiger partial charge in [-0.3, -0.25) is 15.1 Å². The maximum absolute atomic E-state index is 11.2. The van der Waals surface area contributed by atoms with E-state index in [1.54, 1.807) is 32.5 Å². The van der Waals surface area contributed by atoms with Crippen molar-refractivity contribution in [1.29, 1.82) is 0 Å². The SMILES string of the molecule is COc1ccc(N2C(=S)N[C@H](c3ccccn3)[C@@H]2c2cccn2-c2ccc([N+](=O)[O-])cc2)c(OC)c1. The molecule has 2 aromatic heterocycles. The lowest BCUT2D eigenvalue weighted by Crippen LogP contribution is -2.30. The molecular formula is C26H23N5O4S. The number of non-ortho nitro benzene ring substituents is 1. The molecular weight excluding hydrogens is 478 g/mol. The van der Waals surface area contributed by atoms with Gasteiger partial charge in [0.1, 0.15) is 17.5 Å². The zero-order valence-corrected chi connectivity index (χ0v) is 20.4. The first-order valence-electron chi connectivity index (χ1n) is 11.2. The van der Waals surface area contributed by atoms with Gasteiger partial charge in [0.25, 0.3) is 5.69 Å². The maximum atomic E-state index is 11.2. The van der Waals surface area contributed by atoms with Crippen LogP contribution >= 0.6 is 12.2 Å². The Hall–Kier alpha value is -4.44. The second-order valence-corrected chi connectivity index (χ2v) is 8.50. The lowest BCUT2D eigenvalue weighted by Gasteiger charge is -2.30. The fraction of sp³-hybridized carbons (Fsp3) is 0.154. The Labute approximate surface area is 213 Å². The Morgan fingerprint density at radius 1 is 1.03 bits per heavy atom. The van der Waals surface area contributed by atoms with Crippen LogP contribution in [0.3, 0.4) is 0 Å². The van der Waals surface area contributed by atoms with E-state index in [-0.39, 0.29) is 17.8 Å². The average Bonchev–Trinajstić information content (AvgIpc) is 3.53. The first-order valence-corrected chi connectivity index (χ1v) is 11.6. The predicted octanol–water partition coefficient (Wildman–Crippen LogP) is 4.97. The largest absolute Gasteiger partial charge is 0.497 e. The number of thiocarbonyl (C=S) groups is 1. The smallest absolute Gasteiger partial charge is 0.269 e. The third-order valence-electron chi connectivity index (χ3n) is 6.17. The molecule has 0 aliphatic carbocycles. The lowest BCUT2D eigenvalue weighted by atomic mass is 10.0. The number of benzene rings is 2. The fourth-order valence-electron chi connectivity index (χ4n) is 4.50. The van der Waals surface area contributed by atoms with Crippen LogP contribution in [-0.4, -0.2) is 33.8 Å². The molecule has 4 aromatic rings. The number of nitrogens with one attached hydrogen (secondary N) is 1. The van der Waals surface area contributed by atoms with Gasteiger partial charge in [-0.15, -0.1) is 0 Å². The van der Waals surface area contributed by atoms with Crippen molar-refractivity contribution in [3.05, 3.63) is 107 Å². The predicted molar refractivity (Wildman–Crippen MR) is 140 cm³/mol. The molecule has 5 rings (SSSR count). The van der Waals surface area contributed by atoms with E-state index in [0.717, 1.165) is 22.8 Å². The van der Waals surface area contributed by atoms with Gasteiger partial charge in [-0.2, -0.15) is 0 Å². The van der Waals surface area contributed by atoms with Gasteiger partial charge in [0.15, 0.2) is 5.11 Å². The number of nitro groups is 1. The highest BCUT2D eigenvalue weighted by Crippen LogP contribution is 2.45. The number of nitrogens with zero attached hydrogens (tertiary/aromatic N) is 4. The number of aromatic nitrogens is 2. The fourth-order valence-corrected chi connectivity index (χ4v) is 4.84. The van der Waals surface area contributed by atoms with Gasteiger partial charge in [-0.25, -0.2) is 0 Å². The van der Waals surface area contributed by atoms with Crippen molar-refractivity contribution >= 4 is 28.7 Å². The molecule has 1 aliphatic rings. The molecule has 1 aliphatic heterocycles. The minimum Gasteiger partial charge on any atom is -0.497 e. The van der Waals surface area contributed by atoms with Crippen LogP contribution in [0.5, 0.6) is 11.5 Å². The summed E-state index contributed by atoms with van der Waals surface area (Å²) in [6.45, 7) is 0. The van der Waals surface area contributed by atoms with Gasteiger partial charge in [-0.05, 0) is 60.7 Å². The molecule has 2 aromatic carbocycles. The molecule has 1 saturated heterocycles. The summed E-state index contributed by atoms with van der Waals surface area (Å²) in [6.07, 6.45) is 3.68. The highest BCUT2D eigenvalue weighted by atomic mass is 32.1. The number of hydrogen-bond acceptors (Lipinski definition) is 6. The highest BCUT2D eigenvalue weighted by Gasteiger charge is 2.43. The summed E-state index contributed by atoms with van der Waals surface area (Å²) < 4.78 is 13.1. The molecule has 10 heteroatoms. The number of nitro benzene ring substituents is 1. The van der Waals surface area contributed by atoms with E-state index in [2.05, 4.69) is 10.3 Å². The first kappa shape index (κ1) is 23.3. The van der Waals surface area contributed by atoms with Gasteiger partial charge >= 0.3 is 0 Å². The third kappa shape index (κ3) is 4.11. The Kier molecular flexibility index (Phi) is 6.26. The number of methoxy groups -OCH3 is 2. The van der Waals surface area contributed by atoms with Crippen LogP contribution in [0.2, 0.25) is 0 Å². The minimum absolute atomic E-state index is 0.0344. The molecule has 1 fully saturated rings. The van der Waals surface area contributed by atoms with E-state index in [1.807, 2.05) is 64.2 Å². The van der Waals surface area contributed by atoms with Crippen LogP contribution in [0.4, 0.5) is 11.4 Å². The second-order valence-electron chi connectivity index (χ2n) is 8.11. The standard InChI is InChI=1S/C26H23N5O4S/c1-34-19-12-13-21(23(16-19)35-2)30-25(24(28-26(30)36)20-6-3-4-14-27-20)22-7-5-15-29(22)17-8-10-18(11-9-17)31(32)33/h3-16,24-25H,1-2H3,(H,28,36)/t24-,25+/m1/s1.